The summed E-state index contributed by atoms with van der Waals surface area (Å²) in [5, 5.41) is 4.30. The van der Waals surface area contributed by atoms with Gasteiger partial charge in [0.05, 0.1) is 0 Å². The van der Waals surface area contributed by atoms with Crippen molar-refractivity contribution in [2.24, 2.45) is 0 Å². The molecule has 0 fully saturated rings. The molecule has 1 heterocycles. The third-order valence-electron chi connectivity index (χ3n) is 2.98. The molecule has 0 aliphatic rings. The minimum atomic E-state index is 0.313. The van der Waals surface area contributed by atoms with Crippen molar-refractivity contribution < 1.29 is 0 Å². The molecule has 0 saturated carbocycles. The Hall–Kier alpha value is -1.03. The van der Waals surface area contributed by atoms with Gasteiger partial charge in [0.15, 0.2) is 0 Å². The molecule has 0 amide bonds. The van der Waals surface area contributed by atoms with E-state index in [1.54, 1.807) is 0 Å². The lowest BCUT2D eigenvalue weighted by molar-refractivity contribution is 0.603. The molecular weight excluding hydrogens is 288 g/mol. The topological polar surface area (TPSA) is 24.9 Å². The second-order valence-electron chi connectivity index (χ2n) is 4.67. The van der Waals surface area contributed by atoms with Crippen LogP contribution in [0.3, 0.4) is 0 Å². The Balaban J connectivity index is 2.04. The normalized spacial score (nSPS) is 12.3. The predicted molar refractivity (Wildman–Crippen MR) is 87.6 cm³/mol. The molecule has 0 saturated heterocycles. The summed E-state index contributed by atoms with van der Waals surface area (Å²) in [5.74, 6) is 0.973. The molecule has 1 atom stereocenters. The van der Waals surface area contributed by atoms with E-state index < -0.39 is 0 Å². The quantitative estimate of drug-likeness (QED) is 0.796. The van der Waals surface area contributed by atoms with Crippen molar-refractivity contribution in [2.45, 2.75) is 24.8 Å². The van der Waals surface area contributed by atoms with E-state index in [2.05, 4.69) is 42.3 Å². The van der Waals surface area contributed by atoms with Gasteiger partial charge in [-0.3, -0.25) is 4.98 Å². The number of halogens is 1. The largest absolute Gasteiger partial charge is 0.309 e. The minimum Gasteiger partial charge on any atom is -0.309 e. The van der Waals surface area contributed by atoms with Crippen LogP contribution in [0.2, 0.25) is 5.02 Å². The number of hydrogen-bond donors (Lipinski definition) is 1. The minimum absolute atomic E-state index is 0.313. The first-order valence-electron chi connectivity index (χ1n) is 6.72. The summed E-state index contributed by atoms with van der Waals surface area (Å²) in [6, 6.07) is 10.5. The van der Waals surface area contributed by atoms with E-state index in [-0.39, 0.29) is 0 Å². The summed E-state index contributed by atoms with van der Waals surface area (Å²) in [5.41, 5.74) is 2.44. The molecule has 106 valence electrons. The molecule has 1 N–H and O–H groups in total. The number of hydrogen-bond acceptors (Lipinski definition) is 3. The van der Waals surface area contributed by atoms with Crippen LogP contribution in [0.15, 0.2) is 47.6 Å². The Labute approximate surface area is 130 Å². The van der Waals surface area contributed by atoms with Gasteiger partial charge in [-0.15, -0.1) is 11.8 Å². The highest BCUT2D eigenvalue weighted by atomic mass is 35.5. The smallest absolute Gasteiger partial charge is 0.0430 e. The van der Waals surface area contributed by atoms with Gasteiger partial charge in [0, 0.05) is 34.1 Å². The molecule has 0 bridgehead atoms. The molecule has 1 unspecified atom stereocenters. The first kappa shape index (κ1) is 15.4. The summed E-state index contributed by atoms with van der Waals surface area (Å²) in [6.07, 6.45) is 3.83. The number of benzene rings is 1. The molecule has 0 spiro atoms. The van der Waals surface area contributed by atoms with E-state index in [0.29, 0.717) is 6.04 Å². The maximum Gasteiger partial charge on any atom is 0.0430 e. The van der Waals surface area contributed by atoms with Gasteiger partial charge in [-0.2, -0.15) is 0 Å². The molecule has 1 aromatic heterocycles. The molecule has 2 rings (SSSR count). The van der Waals surface area contributed by atoms with Crippen molar-refractivity contribution in [2.75, 3.05) is 12.3 Å². The Kier molecular flexibility index (Phi) is 5.89. The molecule has 2 aromatic rings. The van der Waals surface area contributed by atoms with Gasteiger partial charge >= 0.3 is 0 Å². The van der Waals surface area contributed by atoms with Crippen molar-refractivity contribution in [3.63, 3.8) is 0 Å². The Morgan fingerprint density at radius 1 is 1.25 bits per heavy atom. The third kappa shape index (κ3) is 4.51. The van der Waals surface area contributed by atoms with Crippen molar-refractivity contribution in [1.29, 1.82) is 0 Å². The Morgan fingerprint density at radius 2 is 2.00 bits per heavy atom. The average Bonchev–Trinajstić information content (AvgIpc) is 2.45. The monoisotopic (exact) mass is 306 g/mol. The Bertz CT molecular complexity index is 542. The molecule has 1 aromatic carbocycles. The van der Waals surface area contributed by atoms with Crippen LogP contribution in [0.25, 0.3) is 0 Å². The van der Waals surface area contributed by atoms with Crippen LogP contribution >= 0.6 is 23.4 Å². The molecule has 0 aliphatic carbocycles. The number of nitrogens with zero attached hydrogens (tertiary/aromatic N) is 1. The highest BCUT2D eigenvalue weighted by Crippen LogP contribution is 2.26. The van der Waals surface area contributed by atoms with Crippen LogP contribution in [0.4, 0.5) is 0 Å². The van der Waals surface area contributed by atoms with Crippen LogP contribution in [0.1, 0.15) is 24.1 Å². The average molecular weight is 307 g/mol. The third-order valence-corrected chi connectivity index (χ3v) is 4.34. The van der Waals surface area contributed by atoms with Crippen molar-refractivity contribution >= 4 is 23.4 Å². The SMILES string of the molecule is CCNC(CSc1ccc(Cl)cc1)c1cncc(C)c1. The van der Waals surface area contributed by atoms with Crippen molar-refractivity contribution in [3.05, 3.63) is 58.9 Å². The number of nitrogens with one attached hydrogen (secondary N) is 1. The van der Waals surface area contributed by atoms with E-state index in [0.717, 1.165) is 17.3 Å². The standard InChI is InChI=1S/C16H19ClN2S/c1-3-19-16(13-8-12(2)9-18-10-13)11-20-15-6-4-14(17)5-7-15/h4-10,16,19H,3,11H2,1-2H3. The molecule has 4 heteroatoms. The van der Waals surface area contributed by atoms with Crippen LogP contribution in [0, 0.1) is 6.92 Å². The number of aromatic nitrogens is 1. The summed E-state index contributed by atoms with van der Waals surface area (Å²) in [4.78, 5) is 5.52. The molecule has 20 heavy (non-hydrogen) atoms. The summed E-state index contributed by atoms with van der Waals surface area (Å²) >= 11 is 7.74. The molecule has 2 nitrogen and oxygen atoms in total. The van der Waals surface area contributed by atoms with Crippen LogP contribution in [-0.2, 0) is 0 Å². The van der Waals surface area contributed by atoms with Gasteiger partial charge in [0.2, 0.25) is 0 Å². The van der Waals surface area contributed by atoms with E-state index in [1.165, 1.54) is 16.0 Å². The number of thioether (sulfide) groups is 1. The summed E-state index contributed by atoms with van der Waals surface area (Å²) in [7, 11) is 0. The molecule has 0 aliphatic heterocycles. The van der Waals surface area contributed by atoms with Crippen molar-refractivity contribution in [1.82, 2.24) is 10.3 Å². The zero-order valence-corrected chi connectivity index (χ0v) is 13.3. The van der Waals surface area contributed by atoms with Gasteiger partial charge in [-0.25, -0.2) is 0 Å². The van der Waals surface area contributed by atoms with Gasteiger partial charge in [0.1, 0.15) is 0 Å². The molecular formula is C16H19ClN2S. The predicted octanol–water partition coefficient (Wildman–Crippen LogP) is 4.49. The second kappa shape index (κ2) is 7.67. The highest BCUT2D eigenvalue weighted by Gasteiger charge is 2.11. The van der Waals surface area contributed by atoms with Gasteiger partial charge < -0.3 is 5.32 Å². The lowest BCUT2D eigenvalue weighted by Crippen LogP contribution is -2.23. The van der Waals surface area contributed by atoms with Crippen LogP contribution < -0.4 is 5.32 Å². The summed E-state index contributed by atoms with van der Waals surface area (Å²) in [6.45, 7) is 5.15. The first-order valence-corrected chi connectivity index (χ1v) is 8.08. The number of rotatable bonds is 6. The van der Waals surface area contributed by atoms with E-state index in [4.69, 9.17) is 11.6 Å². The molecule has 0 radical (unpaired) electrons. The van der Waals surface area contributed by atoms with Crippen molar-refractivity contribution in [3.8, 4) is 0 Å². The zero-order chi connectivity index (χ0) is 14.4. The lowest BCUT2D eigenvalue weighted by atomic mass is 10.1. The first-order chi connectivity index (χ1) is 9.69. The van der Waals surface area contributed by atoms with Crippen LogP contribution in [0.5, 0.6) is 0 Å². The lowest BCUT2D eigenvalue weighted by Gasteiger charge is -2.18. The highest BCUT2D eigenvalue weighted by molar-refractivity contribution is 7.99. The fourth-order valence-corrected chi connectivity index (χ4v) is 3.12. The van der Waals surface area contributed by atoms with Gasteiger partial charge in [0.25, 0.3) is 0 Å². The van der Waals surface area contributed by atoms with E-state index >= 15 is 0 Å². The van der Waals surface area contributed by atoms with Crippen LogP contribution in [-0.4, -0.2) is 17.3 Å². The summed E-state index contributed by atoms with van der Waals surface area (Å²) < 4.78 is 0. The maximum absolute atomic E-state index is 5.91. The van der Waals surface area contributed by atoms with E-state index in [1.807, 2.05) is 36.3 Å². The van der Waals surface area contributed by atoms with Gasteiger partial charge in [-0.1, -0.05) is 24.6 Å². The zero-order valence-electron chi connectivity index (χ0n) is 11.8. The fraction of sp³-hybridized carbons (Fsp3) is 0.312. The van der Waals surface area contributed by atoms with E-state index in [9.17, 15) is 0 Å². The number of pyridine rings is 1. The fourth-order valence-electron chi connectivity index (χ4n) is 2.00. The Morgan fingerprint density at radius 3 is 2.65 bits per heavy atom. The number of aryl methyl sites for hydroxylation is 1. The van der Waals surface area contributed by atoms with Gasteiger partial charge in [-0.05, 0) is 48.9 Å². The maximum atomic E-state index is 5.91. The second-order valence-corrected chi connectivity index (χ2v) is 6.20.